The second-order valence-corrected chi connectivity index (χ2v) is 5.54. The summed E-state index contributed by atoms with van der Waals surface area (Å²) < 4.78 is 13.8. The van der Waals surface area contributed by atoms with Gasteiger partial charge in [-0.3, -0.25) is 0 Å². The van der Waals surface area contributed by atoms with Crippen LogP contribution in [-0.4, -0.2) is 5.54 Å². The highest BCUT2D eigenvalue weighted by Gasteiger charge is 2.37. The van der Waals surface area contributed by atoms with Gasteiger partial charge in [-0.25, -0.2) is 4.39 Å². The van der Waals surface area contributed by atoms with Crippen molar-refractivity contribution in [2.75, 3.05) is 0 Å². The van der Waals surface area contributed by atoms with Gasteiger partial charge in [-0.05, 0) is 31.7 Å². The van der Waals surface area contributed by atoms with Crippen LogP contribution in [0.15, 0.2) is 24.3 Å². The summed E-state index contributed by atoms with van der Waals surface area (Å²) in [6.07, 6.45) is 7.01. The van der Waals surface area contributed by atoms with Crippen LogP contribution in [0, 0.1) is 5.82 Å². The predicted octanol–water partition coefficient (Wildman–Crippen LogP) is 4.59. The molecule has 0 saturated carbocycles. The highest BCUT2D eigenvalue weighted by molar-refractivity contribution is 5.23. The molecular weight excluding hydrogens is 225 g/mol. The zero-order valence-electron chi connectivity index (χ0n) is 11.5. The van der Waals surface area contributed by atoms with Crippen molar-refractivity contribution in [3.8, 4) is 0 Å². The van der Waals surface area contributed by atoms with Crippen molar-refractivity contribution >= 4 is 0 Å². The molecule has 1 unspecified atom stereocenters. The zero-order chi connectivity index (χ0) is 13.0. The van der Waals surface area contributed by atoms with Crippen molar-refractivity contribution in [3.05, 3.63) is 35.6 Å². The molecule has 2 heteroatoms. The Morgan fingerprint density at radius 2 is 1.89 bits per heavy atom. The molecule has 1 aliphatic heterocycles. The van der Waals surface area contributed by atoms with Gasteiger partial charge in [-0.15, -0.1) is 0 Å². The van der Waals surface area contributed by atoms with Gasteiger partial charge in [0.15, 0.2) is 0 Å². The van der Waals surface area contributed by atoms with Crippen LogP contribution >= 0.6 is 0 Å². The quantitative estimate of drug-likeness (QED) is 0.804. The van der Waals surface area contributed by atoms with E-state index in [2.05, 4.69) is 19.2 Å². The average molecular weight is 249 g/mol. The van der Waals surface area contributed by atoms with E-state index in [0.29, 0.717) is 0 Å². The monoisotopic (exact) mass is 249 g/mol. The SMILES string of the molecule is CCCC1(CCC)CCC(c2ccccc2F)N1. The summed E-state index contributed by atoms with van der Waals surface area (Å²) >= 11 is 0. The Kier molecular flexibility index (Phi) is 4.39. The largest absolute Gasteiger partial charge is 0.304 e. The van der Waals surface area contributed by atoms with Gasteiger partial charge in [0.2, 0.25) is 0 Å². The van der Waals surface area contributed by atoms with E-state index in [-0.39, 0.29) is 17.4 Å². The maximum atomic E-state index is 13.8. The minimum Gasteiger partial charge on any atom is -0.304 e. The average Bonchev–Trinajstić information content (AvgIpc) is 2.75. The van der Waals surface area contributed by atoms with Gasteiger partial charge >= 0.3 is 0 Å². The van der Waals surface area contributed by atoms with Crippen LogP contribution in [0.4, 0.5) is 4.39 Å². The van der Waals surface area contributed by atoms with Crippen LogP contribution in [0.25, 0.3) is 0 Å². The number of hydrogen-bond acceptors (Lipinski definition) is 1. The maximum absolute atomic E-state index is 13.8. The maximum Gasteiger partial charge on any atom is 0.127 e. The van der Waals surface area contributed by atoms with Crippen molar-refractivity contribution in [1.82, 2.24) is 5.32 Å². The van der Waals surface area contributed by atoms with Crippen LogP contribution in [0.5, 0.6) is 0 Å². The number of nitrogens with one attached hydrogen (secondary N) is 1. The summed E-state index contributed by atoms with van der Waals surface area (Å²) in [4.78, 5) is 0. The third-order valence-electron chi connectivity index (χ3n) is 4.13. The minimum absolute atomic E-state index is 0.0706. The molecule has 1 aromatic carbocycles. The molecule has 1 fully saturated rings. The summed E-state index contributed by atoms with van der Waals surface area (Å²) in [6.45, 7) is 4.46. The first-order chi connectivity index (χ1) is 8.71. The fourth-order valence-corrected chi connectivity index (χ4v) is 3.40. The molecule has 1 nitrogen and oxygen atoms in total. The van der Waals surface area contributed by atoms with Crippen LogP contribution in [-0.2, 0) is 0 Å². The van der Waals surface area contributed by atoms with Crippen molar-refractivity contribution in [1.29, 1.82) is 0 Å². The summed E-state index contributed by atoms with van der Waals surface area (Å²) in [5.74, 6) is -0.0706. The van der Waals surface area contributed by atoms with E-state index in [9.17, 15) is 4.39 Å². The van der Waals surface area contributed by atoms with Gasteiger partial charge in [0.25, 0.3) is 0 Å². The molecule has 0 aliphatic carbocycles. The molecule has 0 radical (unpaired) electrons. The fourth-order valence-electron chi connectivity index (χ4n) is 3.40. The lowest BCUT2D eigenvalue weighted by molar-refractivity contribution is 0.302. The molecule has 0 bridgehead atoms. The number of hydrogen-bond donors (Lipinski definition) is 1. The van der Waals surface area contributed by atoms with Gasteiger partial charge < -0.3 is 5.32 Å². The molecule has 1 aliphatic rings. The highest BCUT2D eigenvalue weighted by Crippen LogP contribution is 2.39. The Morgan fingerprint density at radius 1 is 1.22 bits per heavy atom. The van der Waals surface area contributed by atoms with E-state index < -0.39 is 0 Å². The van der Waals surface area contributed by atoms with E-state index in [1.54, 1.807) is 12.1 Å². The lowest BCUT2D eigenvalue weighted by Gasteiger charge is -2.30. The van der Waals surface area contributed by atoms with Crippen LogP contribution in [0.1, 0.15) is 64.0 Å². The zero-order valence-corrected chi connectivity index (χ0v) is 11.5. The van der Waals surface area contributed by atoms with E-state index in [0.717, 1.165) is 12.0 Å². The van der Waals surface area contributed by atoms with Gasteiger partial charge in [0.1, 0.15) is 5.82 Å². The summed E-state index contributed by atoms with van der Waals surface area (Å²) in [6, 6.07) is 7.38. The van der Waals surface area contributed by atoms with Gasteiger partial charge in [0, 0.05) is 17.1 Å². The van der Waals surface area contributed by atoms with E-state index >= 15 is 0 Å². The first kappa shape index (κ1) is 13.5. The van der Waals surface area contributed by atoms with E-state index in [1.807, 2.05) is 12.1 Å². The van der Waals surface area contributed by atoms with Crippen molar-refractivity contribution in [3.63, 3.8) is 0 Å². The standard InChI is InChI=1S/C16H24FN/c1-3-10-16(11-4-2)12-9-15(18-16)13-7-5-6-8-14(13)17/h5-8,15,18H,3-4,9-12H2,1-2H3. The Labute approximate surface area is 110 Å². The second-order valence-electron chi connectivity index (χ2n) is 5.54. The second kappa shape index (κ2) is 5.83. The summed E-state index contributed by atoms with van der Waals surface area (Å²) in [5.41, 5.74) is 1.09. The number of rotatable bonds is 5. The molecule has 100 valence electrons. The van der Waals surface area contributed by atoms with E-state index in [4.69, 9.17) is 0 Å². The first-order valence-corrected chi connectivity index (χ1v) is 7.23. The fraction of sp³-hybridized carbons (Fsp3) is 0.625. The minimum atomic E-state index is -0.0706. The summed E-state index contributed by atoms with van der Waals surface area (Å²) in [7, 11) is 0. The summed E-state index contributed by atoms with van der Waals surface area (Å²) in [5, 5.41) is 3.72. The molecule has 1 heterocycles. The molecule has 0 aromatic heterocycles. The lowest BCUT2D eigenvalue weighted by atomic mass is 9.87. The lowest BCUT2D eigenvalue weighted by Crippen LogP contribution is -2.40. The van der Waals surface area contributed by atoms with Crippen molar-refractivity contribution in [2.45, 2.75) is 64.0 Å². The van der Waals surface area contributed by atoms with Crippen LogP contribution < -0.4 is 5.32 Å². The molecule has 1 N–H and O–H groups in total. The normalized spacial score (nSPS) is 22.3. The molecule has 1 saturated heterocycles. The third-order valence-corrected chi connectivity index (χ3v) is 4.13. The van der Waals surface area contributed by atoms with E-state index in [1.165, 1.54) is 32.1 Å². The smallest absolute Gasteiger partial charge is 0.127 e. The Morgan fingerprint density at radius 3 is 2.50 bits per heavy atom. The molecule has 0 amide bonds. The highest BCUT2D eigenvalue weighted by atomic mass is 19.1. The predicted molar refractivity (Wildman–Crippen MR) is 74.1 cm³/mol. The van der Waals surface area contributed by atoms with Crippen LogP contribution in [0.2, 0.25) is 0 Å². The van der Waals surface area contributed by atoms with Crippen LogP contribution in [0.3, 0.4) is 0 Å². The molecule has 2 rings (SSSR count). The van der Waals surface area contributed by atoms with Gasteiger partial charge in [0.05, 0.1) is 0 Å². The number of halogens is 1. The Bertz CT molecular complexity index is 382. The first-order valence-electron chi connectivity index (χ1n) is 7.23. The molecule has 18 heavy (non-hydrogen) atoms. The molecule has 1 atom stereocenters. The van der Waals surface area contributed by atoms with Gasteiger partial charge in [-0.2, -0.15) is 0 Å². The Hall–Kier alpha value is -0.890. The van der Waals surface area contributed by atoms with Gasteiger partial charge in [-0.1, -0.05) is 44.9 Å². The Balaban J connectivity index is 2.13. The topological polar surface area (TPSA) is 12.0 Å². The van der Waals surface area contributed by atoms with Crippen molar-refractivity contribution in [2.24, 2.45) is 0 Å². The molecule has 0 spiro atoms. The molecule has 1 aromatic rings. The number of benzene rings is 1. The van der Waals surface area contributed by atoms with Crippen molar-refractivity contribution < 1.29 is 4.39 Å². The third kappa shape index (κ3) is 2.74. The molecular formula is C16H24FN.